The van der Waals surface area contributed by atoms with Gasteiger partial charge in [0.15, 0.2) is 11.5 Å². The zero-order chi connectivity index (χ0) is 27.6. The zero-order valence-corrected chi connectivity index (χ0v) is 22.1. The van der Waals surface area contributed by atoms with E-state index >= 15 is 0 Å². The monoisotopic (exact) mass is 539 g/mol. The molecule has 2 aliphatic heterocycles. The number of carbonyl (C=O) groups excluding carboxylic acids is 1. The molecule has 0 spiro atoms. The average Bonchev–Trinajstić information content (AvgIpc) is 2.92. The maximum Gasteiger partial charge on any atom is 0.419 e. The molecule has 3 aromatic carbocycles. The van der Waals surface area contributed by atoms with Crippen LogP contribution >= 0.6 is 0 Å². The number of alkyl halides is 3. The molecule has 5 rings (SSSR count). The van der Waals surface area contributed by atoms with Gasteiger partial charge in [-0.2, -0.15) is 13.2 Å². The first-order chi connectivity index (χ1) is 18.7. The van der Waals surface area contributed by atoms with E-state index in [1.807, 2.05) is 43.3 Å². The van der Waals surface area contributed by atoms with Crippen LogP contribution in [0.1, 0.15) is 48.4 Å². The molecule has 206 valence electrons. The maximum atomic E-state index is 13.9. The van der Waals surface area contributed by atoms with E-state index in [0.717, 1.165) is 54.1 Å². The first-order valence-electron chi connectivity index (χ1n) is 13.3. The third kappa shape index (κ3) is 6.06. The van der Waals surface area contributed by atoms with Crippen LogP contribution in [0.15, 0.2) is 54.6 Å². The number of hydrogen-bond donors (Lipinski definition) is 0. The van der Waals surface area contributed by atoms with Crippen LogP contribution in [0, 0.1) is 6.92 Å². The Morgan fingerprint density at radius 3 is 2.59 bits per heavy atom. The highest BCUT2D eigenvalue weighted by Crippen LogP contribution is 2.39. The van der Waals surface area contributed by atoms with Crippen molar-refractivity contribution >= 4 is 5.78 Å². The van der Waals surface area contributed by atoms with Gasteiger partial charge in [0.05, 0.1) is 11.6 Å². The summed E-state index contributed by atoms with van der Waals surface area (Å²) < 4.78 is 58.8. The molecule has 2 heterocycles. The molecule has 0 unspecified atom stereocenters. The summed E-state index contributed by atoms with van der Waals surface area (Å²) in [4.78, 5) is 14.2. The number of rotatable bonds is 7. The summed E-state index contributed by atoms with van der Waals surface area (Å²) in [5, 5.41) is 0. The van der Waals surface area contributed by atoms with Crippen LogP contribution in [0.5, 0.6) is 17.2 Å². The van der Waals surface area contributed by atoms with Gasteiger partial charge in [-0.1, -0.05) is 36.8 Å². The summed E-state index contributed by atoms with van der Waals surface area (Å²) in [7, 11) is 0. The summed E-state index contributed by atoms with van der Waals surface area (Å²) in [6, 6.07) is 15.3. The molecule has 0 N–H and O–H groups in total. The smallest absolute Gasteiger partial charge is 0.419 e. The number of ether oxygens (including phenoxy) is 3. The van der Waals surface area contributed by atoms with Crippen LogP contribution in [0.2, 0.25) is 0 Å². The van der Waals surface area contributed by atoms with Crippen molar-refractivity contribution in [3.8, 4) is 28.4 Å². The van der Waals surface area contributed by atoms with E-state index in [4.69, 9.17) is 14.2 Å². The quantitative estimate of drug-likeness (QED) is 0.324. The Morgan fingerprint density at radius 1 is 1.03 bits per heavy atom. The van der Waals surface area contributed by atoms with E-state index in [9.17, 15) is 18.0 Å². The molecule has 0 saturated carbocycles. The topological polar surface area (TPSA) is 48.0 Å². The van der Waals surface area contributed by atoms with Crippen molar-refractivity contribution in [3.63, 3.8) is 0 Å². The van der Waals surface area contributed by atoms with E-state index in [1.165, 1.54) is 12.1 Å². The molecule has 0 bridgehead atoms. The van der Waals surface area contributed by atoms with Crippen molar-refractivity contribution in [2.24, 2.45) is 0 Å². The van der Waals surface area contributed by atoms with E-state index in [-0.39, 0.29) is 24.2 Å². The van der Waals surface area contributed by atoms with Crippen LogP contribution in [-0.4, -0.2) is 36.5 Å². The number of benzene rings is 3. The van der Waals surface area contributed by atoms with Gasteiger partial charge in [-0.25, -0.2) is 0 Å². The second kappa shape index (κ2) is 11.3. The minimum absolute atomic E-state index is 0.0173. The Hall–Kier alpha value is -3.52. The molecule has 5 nitrogen and oxygen atoms in total. The summed E-state index contributed by atoms with van der Waals surface area (Å²) >= 11 is 0. The van der Waals surface area contributed by atoms with Gasteiger partial charge >= 0.3 is 6.18 Å². The lowest BCUT2D eigenvalue weighted by molar-refractivity contribution is -0.139. The lowest BCUT2D eigenvalue weighted by Gasteiger charge is -2.34. The Bertz CT molecular complexity index is 1350. The molecule has 1 atom stereocenters. The molecule has 39 heavy (non-hydrogen) atoms. The van der Waals surface area contributed by atoms with Gasteiger partial charge in [0.25, 0.3) is 0 Å². The van der Waals surface area contributed by atoms with E-state index in [0.29, 0.717) is 36.8 Å². The highest BCUT2D eigenvalue weighted by Gasteiger charge is 2.35. The molecule has 8 heteroatoms. The molecule has 0 aromatic heterocycles. The normalized spacial score (nSPS) is 17.6. The molecule has 0 radical (unpaired) electrons. The number of piperidine rings is 1. The first kappa shape index (κ1) is 27.1. The second-order valence-electron chi connectivity index (χ2n) is 10.2. The number of likely N-dealkylation sites (tertiary alicyclic amines) is 1. The molecule has 0 amide bonds. The standard InChI is InChI=1S/C31H32F3NO4/c1-20-24(6-5-7-25(20)23-10-12-28-30(17-23)38-15-14-37-28)19-39-29-16-22(9-11-26(29)31(32,33)34)18-35-13-4-3-8-27(35)21(2)36/h5-7,9-12,16-17,27H,3-4,8,13-15,18-19H2,1-2H3/t27-/m1/s1. The molecule has 3 aromatic rings. The number of Topliss-reactive ketones (excluding diaryl/α,β-unsaturated/α-hetero) is 1. The van der Waals surface area contributed by atoms with E-state index < -0.39 is 11.7 Å². The third-order valence-corrected chi connectivity index (χ3v) is 7.50. The molecule has 2 aliphatic rings. The largest absolute Gasteiger partial charge is 0.488 e. The van der Waals surface area contributed by atoms with Crippen molar-refractivity contribution in [3.05, 3.63) is 76.9 Å². The van der Waals surface area contributed by atoms with Gasteiger partial charge in [-0.05, 0) is 85.3 Å². The van der Waals surface area contributed by atoms with Gasteiger partial charge in [-0.3, -0.25) is 9.69 Å². The second-order valence-corrected chi connectivity index (χ2v) is 10.2. The fourth-order valence-electron chi connectivity index (χ4n) is 5.41. The van der Waals surface area contributed by atoms with Gasteiger partial charge < -0.3 is 14.2 Å². The summed E-state index contributed by atoms with van der Waals surface area (Å²) in [5.74, 6) is 1.25. The lowest BCUT2D eigenvalue weighted by Crippen LogP contribution is -2.43. The Kier molecular flexibility index (Phi) is 7.84. The van der Waals surface area contributed by atoms with Crippen molar-refractivity contribution in [1.82, 2.24) is 4.90 Å². The van der Waals surface area contributed by atoms with Crippen molar-refractivity contribution < 1.29 is 32.2 Å². The number of ketones is 1. The molecule has 1 saturated heterocycles. The Balaban J connectivity index is 1.39. The summed E-state index contributed by atoms with van der Waals surface area (Å²) in [6.07, 6.45) is -1.83. The number of carbonyl (C=O) groups is 1. The predicted molar refractivity (Wildman–Crippen MR) is 142 cm³/mol. The first-order valence-corrected chi connectivity index (χ1v) is 13.3. The fraction of sp³-hybridized carbons (Fsp3) is 0.387. The van der Waals surface area contributed by atoms with Crippen LogP contribution in [-0.2, 0) is 24.1 Å². The number of fused-ring (bicyclic) bond motifs is 1. The highest BCUT2D eigenvalue weighted by molar-refractivity contribution is 5.81. The Labute approximate surface area is 226 Å². The van der Waals surface area contributed by atoms with Gasteiger partial charge in [0, 0.05) is 6.54 Å². The van der Waals surface area contributed by atoms with Crippen molar-refractivity contribution in [1.29, 1.82) is 0 Å². The number of nitrogens with zero attached hydrogens (tertiary/aromatic N) is 1. The Morgan fingerprint density at radius 2 is 1.82 bits per heavy atom. The average molecular weight is 540 g/mol. The SMILES string of the molecule is CC(=O)[C@H]1CCCCN1Cc1ccc(C(F)(F)F)c(OCc2cccc(-c3ccc4c(c3)OCCO4)c2C)c1. The van der Waals surface area contributed by atoms with Crippen LogP contribution < -0.4 is 14.2 Å². The predicted octanol–water partition coefficient (Wildman–Crippen LogP) is 6.97. The van der Waals surface area contributed by atoms with Crippen molar-refractivity contribution in [2.75, 3.05) is 19.8 Å². The summed E-state index contributed by atoms with van der Waals surface area (Å²) in [5.41, 5.74) is 3.45. The van der Waals surface area contributed by atoms with E-state index in [1.54, 1.807) is 6.92 Å². The molecule has 0 aliphatic carbocycles. The fourth-order valence-corrected chi connectivity index (χ4v) is 5.41. The lowest BCUT2D eigenvalue weighted by atomic mass is 9.96. The zero-order valence-electron chi connectivity index (χ0n) is 22.1. The molecule has 1 fully saturated rings. The van der Waals surface area contributed by atoms with Crippen molar-refractivity contribution in [2.45, 2.75) is 58.5 Å². The minimum atomic E-state index is -4.55. The van der Waals surface area contributed by atoms with Crippen LogP contribution in [0.25, 0.3) is 11.1 Å². The summed E-state index contributed by atoms with van der Waals surface area (Å²) in [6.45, 7) is 5.63. The highest BCUT2D eigenvalue weighted by atomic mass is 19.4. The van der Waals surface area contributed by atoms with E-state index in [2.05, 4.69) is 4.90 Å². The van der Waals surface area contributed by atoms with Crippen LogP contribution in [0.4, 0.5) is 13.2 Å². The van der Waals surface area contributed by atoms with Gasteiger partial charge in [0.1, 0.15) is 31.4 Å². The number of halogens is 3. The minimum Gasteiger partial charge on any atom is -0.488 e. The van der Waals surface area contributed by atoms with Crippen LogP contribution in [0.3, 0.4) is 0 Å². The molecular formula is C31H32F3NO4. The van der Waals surface area contributed by atoms with Gasteiger partial charge in [0.2, 0.25) is 0 Å². The number of hydrogen-bond acceptors (Lipinski definition) is 5. The van der Waals surface area contributed by atoms with Gasteiger partial charge in [-0.15, -0.1) is 0 Å². The molecular weight excluding hydrogens is 507 g/mol. The third-order valence-electron chi connectivity index (χ3n) is 7.50. The maximum absolute atomic E-state index is 13.9.